The highest BCUT2D eigenvalue weighted by Crippen LogP contribution is 2.17. The van der Waals surface area contributed by atoms with E-state index in [0.29, 0.717) is 18.9 Å². The zero-order valence-electron chi connectivity index (χ0n) is 9.10. The number of aryl methyl sites for hydroxylation is 1. The van der Waals surface area contributed by atoms with Crippen molar-refractivity contribution < 1.29 is 9.52 Å². The first-order chi connectivity index (χ1) is 7.69. The highest BCUT2D eigenvalue weighted by molar-refractivity contribution is 5.30. The van der Waals surface area contributed by atoms with Crippen LogP contribution in [0.4, 0.5) is 0 Å². The summed E-state index contributed by atoms with van der Waals surface area (Å²) in [4.78, 5) is 4.28. The lowest BCUT2D eigenvalue weighted by Gasteiger charge is -1.99. The summed E-state index contributed by atoms with van der Waals surface area (Å²) in [5, 5.41) is 9.35. The minimum absolute atomic E-state index is 0.262. The van der Waals surface area contributed by atoms with E-state index in [1.165, 1.54) is 0 Å². The summed E-state index contributed by atoms with van der Waals surface area (Å²) < 4.78 is 5.37. The summed E-state index contributed by atoms with van der Waals surface area (Å²) in [6.07, 6.45) is 0.643. The fourth-order valence-electron chi connectivity index (χ4n) is 1.60. The first-order valence-electron chi connectivity index (χ1n) is 5.12. The number of oxazole rings is 1. The maximum atomic E-state index is 9.35. The van der Waals surface area contributed by atoms with Crippen LogP contribution >= 0.6 is 0 Å². The molecule has 0 fully saturated rings. The van der Waals surface area contributed by atoms with Crippen LogP contribution in [0.3, 0.4) is 0 Å². The van der Waals surface area contributed by atoms with Crippen molar-refractivity contribution >= 4 is 0 Å². The Morgan fingerprint density at radius 1 is 1.44 bits per heavy atom. The molecule has 0 atom stereocenters. The molecule has 0 bridgehead atoms. The molecule has 0 radical (unpaired) electrons. The van der Waals surface area contributed by atoms with Crippen LogP contribution in [0.15, 0.2) is 28.7 Å². The Morgan fingerprint density at radius 2 is 2.25 bits per heavy atom. The number of aromatic nitrogens is 1. The summed E-state index contributed by atoms with van der Waals surface area (Å²) in [7, 11) is 0. The van der Waals surface area contributed by atoms with Crippen molar-refractivity contribution in [3.63, 3.8) is 0 Å². The molecule has 16 heavy (non-hydrogen) atoms. The average molecular weight is 218 g/mol. The molecule has 3 N–H and O–H groups in total. The number of hydrogen-bond acceptors (Lipinski definition) is 4. The molecule has 0 saturated heterocycles. The van der Waals surface area contributed by atoms with E-state index in [1.54, 1.807) is 12.1 Å². The van der Waals surface area contributed by atoms with Crippen molar-refractivity contribution in [3.8, 4) is 5.75 Å². The number of aromatic hydroxyl groups is 1. The zero-order valence-corrected chi connectivity index (χ0v) is 9.10. The van der Waals surface area contributed by atoms with Crippen LogP contribution in [-0.4, -0.2) is 10.1 Å². The zero-order chi connectivity index (χ0) is 11.5. The van der Waals surface area contributed by atoms with E-state index in [0.717, 1.165) is 17.0 Å². The number of hydrogen-bond donors (Lipinski definition) is 2. The Kier molecular flexibility index (Phi) is 2.92. The summed E-state index contributed by atoms with van der Waals surface area (Å²) >= 11 is 0. The Balaban J connectivity index is 2.23. The molecular weight excluding hydrogens is 204 g/mol. The molecule has 2 rings (SSSR count). The molecule has 1 aromatic heterocycles. The number of phenolic OH excluding ortho intramolecular Hbond substituents is 1. The van der Waals surface area contributed by atoms with Crippen LogP contribution in [0.1, 0.15) is 22.9 Å². The molecule has 0 unspecified atom stereocenters. The van der Waals surface area contributed by atoms with E-state index >= 15 is 0 Å². The molecule has 84 valence electrons. The van der Waals surface area contributed by atoms with Crippen LogP contribution in [-0.2, 0) is 13.0 Å². The minimum Gasteiger partial charge on any atom is -0.508 e. The van der Waals surface area contributed by atoms with Crippen LogP contribution in [0, 0.1) is 6.92 Å². The summed E-state index contributed by atoms with van der Waals surface area (Å²) in [5.41, 5.74) is 7.32. The largest absolute Gasteiger partial charge is 0.508 e. The standard InChI is InChI=1S/C12H14N2O2/c1-8-11(14-12(7-13)16-8)6-9-3-2-4-10(15)5-9/h2-5,15H,6-7,13H2,1H3. The van der Waals surface area contributed by atoms with Crippen molar-refractivity contribution in [3.05, 3.63) is 47.2 Å². The molecule has 1 heterocycles. The second-order valence-corrected chi connectivity index (χ2v) is 3.66. The molecule has 0 aliphatic rings. The highest BCUT2D eigenvalue weighted by atomic mass is 16.4. The topological polar surface area (TPSA) is 72.3 Å². The van der Waals surface area contributed by atoms with E-state index < -0.39 is 0 Å². The lowest BCUT2D eigenvalue weighted by Crippen LogP contribution is -1.97. The van der Waals surface area contributed by atoms with Gasteiger partial charge >= 0.3 is 0 Å². The second-order valence-electron chi connectivity index (χ2n) is 3.66. The average Bonchev–Trinajstić information content (AvgIpc) is 2.60. The fraction of sp³-hybridized carbons (Fsp3) is 0.250. The number of phenols is 1. The molecule has 2 aromatic rings. The third kappa shape index (κ3) is 2.23. The van der Waals surface area contributed by atoms with E-state index in [4.69, 9.17) is 10.2 Å². The Labute approximate surface area is 93.7 Å². The van der Waals surface area contributed by atoms with Gasteiger partial charge in [0.2, 0.25) is 5.89 Å². The van der Waals surface area contributed by atoms with Crippen LogP contribution in [0.25, 0.3) is 0 Å². The Morgan fingerprint density at radius 3 is 2.88 bits per heavy atom. The summed E-state index contributed by atoms with van der Waals surface area (Å²) in [6, 6.07) is 7.11. The summed E-state index contributed by atoms with van der Waals surface area (Å²) in [6.45, 7) is 2.17. The lowest BCUT2D eigenvalue weighted by molar-refractivity contribution is 0.472. The number of nitrogens with two attached hydrogens (primary N) is 1. The van der Waals surface area contributed by atoms with Gasteiger partial charge in [0, 0.05) is 6.42 Å². The first-order valence-corrected chi connectivity index (χ1v) is 5.12. The molecule has 0 spiro atoms. The van der Waals surface area contributed by atoms with Crippen molar-refractivity contribution in [2.45, 2.75) is 19.9 Å². The van der Waals surface area contributed by atoms with E-state index in [-0.39, 0.29) is 5.75 Å². The fourth-order valence-corrected chi connectivity index (χ4v) is 1.60. The molecular formula is C12H14N2O2. The van der Waals surface area contributed by atoms with Crippen LogP contribution in [0.2, 0.25) is 0 Å². The molecule has 4 nitrogen and oxygen atoms in total. The van der Waals surface area contributed by atoms with Gasteiger partial charge < -0.3 is 15.3 Å². The van der Waals surface area contributed by atoms with Crippen LogP contribution < -0.4 is 5.73 Å². The second kappa shape index (κ2) is 4.37. The van der Waals surface area contributed by atoms with E-state index in [1.807, 2.05) is 19.1 Å². The van der Waals surface area contributed by atoms with Gasteiger partial charge in [-0.05, 0) is 24.6 Å². The van der Waals surface area contributed by atoms with E-state index in [2.05, 4.69) is 4.98 Å². The smallest absolute Gasteiger partial charge is 0.208 e. The Hall–Kier alpha value is -1.81. The highest BCUT2D eigenvalue weighted by Gasteiger charge is 2.09. The summed E-state index contributed by atoms with van der Waals surface area (Å²) in [5.74, 6) is 1.59. The van der Waals surface area contributed by atoms with Crippen molar-refractivity contribution in [1.29, 1.82) is 0 Å². The molecule has 4 heteroatoms. The van der Waals surface area contributed by atoms with Gasteiger partial charge in [0.25, 0.3) is 0 Å². The van der Waals surface area contributed by atoms with Crippen molar-refractivity contribution in [2.75, 3.05) is 0 Å². The SMILES string of the molecule is Cc1oc(CN)nc1Cc1cccc(O)c1. The predicted molar refractivity (Wildman–Crippen MR) is 60.0 cm³/mol. The normalized spacial score (nSPS) is 10.6. The van der Waals surface area contributed by atoms with Gasteiger partial charge in [0.15, 0.2) is 0 Å². The van der Waals surface area contributed by atoms with Gasteiger partial charge in [-0.2, -0.15) is 0 Å². The maximum absolute atomic E-state index is 9.35. The maximum Gasteiger partial charge on any atom is 0.208 e. The van der Waals surface area contributed by atoms with Gasteiger partial charge in [-0.1, -0.05) is 12.1 Å². The van der Waals surface area contributed by atoms with Crippen LogP contribution in [0.5, 0.6) is 5.75 Å². The molecule has 1 aromatic carbocycles. The van der Waals surface area contributed by atoms with Gasteiger partial charge in [-0.15, -0.1) is 0 Å². The first kappa shape index (κ1) is 10.7. The van der Waals surface area contributed by atoms with Crippen molar-refractivity contribution in [2.24, 2.45) is 5.73 Å². The van der Waals surface area contributed by atoms with E-state index in [9.17, 15) is 5.11 Å². The predicted octanol–water partition coefficient (Wildman–Crippen LogP) is 1.74. The van der Waals surface area contributed by atoms with Crippen molar-refractivity contribution in [1.82, 2.24) is 4.98 Å². The monoisotopic (exact) mass is 218 g/mol. The van der Waals surface area contributed by atoms with Gasteiger partial charge in [0.1, 0.15) is 11.5 Å². The van der Waals surface area contributed by atoms with Gasteiger partial charge in [-0.25, -0.2) is 4.98 Å². The quantitative estimate of drug-likeness (QED) is 0.823. The lowest BCUT2D eigenvalue weighted by atomic mass is 10.1. The molecule has 0 saturated carbocycles. The van der Waals surface area contributed by atoms with Gasteiger partial charge in [-0.3, -0.25) is 0 Å². The molecule has 0 aliphatic carbocycles. The molecule has 0 aliphatic heterocycles. The number of benzene rings is 1. The number of nitrogens with zero attached hydrogens (tertiary/aromatic N) is 1. The molecule has 0 amide bonds. The minimum atomic E-state index is 0.262. The Bertz CT molecular complexity index is 492. The number of rotatable bonds is 3. The third-order valence-electron chi connectivity index (χ3n) is 2.39. The van der Waals surface area contributed by atoms with Gasteiger partial charge in [0.05, 0.1) is 12.2 Å². The third-order valence-corrected chi connectivity index (χ3v) is 2.39.